The largest absolute Gasteiger partial charge is 0.480 e. The van der Waals surface area contributed by atoms with Crippen molar-refractivity contribution < 1.29 is 19.8 Å². The van der Waals surface area contributed by atoms with E-state index in [0.717, 1.165) is 16.3 Å². The molecule has 0 saturated carbocycles. The van der Waals surface area contributed by atoms with E-state index >= 15 is 0 Å². The molecule has 0 aromatic heterocycles. The topological polar surface area (TPSA) is 86.6 Å². The van der Waals surface area contributed by atoms with Gasteiger partial charge in [0.25, 0.3) is 0 Å². The van der Waals surface area contributed by atoms with Crippen molar-refractivity contribution in [3.8, 4) is 0 Å². The number of hydrogen-bond acceptors (Lipinski definition) is 3. The fraction of sp³-hybridized carbons (Fsp3) is 0.250. The second-order valence-corrected chi connectivity index (χ2v) is 4.79. The second kappa shape index (κ2) is 6.85. The van der Waals surface area contributed by atoms with Gasteiger partial charge in [-0.2, -0.15) is 0 Å². The van der Waals surface area contributed by atoms with Crippen molar-refractivity contribution >= 4 is 22.6 Å². The molecule has 1 atom stereocenters. The van der Waals surface area contributed by atoms with E-state index in [-0.39, 0.29) is 25.4 Å². The summed E-state index contributed by atoms with van der Waals surface area (Å²) in [6, 6.07) is 12.3. The highest BCUT2D eigenvalue weighted by Gasteiger charge is 2.19. The van der Waals surface area contributed by atoms with Crippen LogP contribution in [0.15, 0.2) is 42.5 Å². The first kappa shape index (κ1) is 15.0. The van der Waals surface area contributed by atoms with Crippen molar-refractivity contribution in [2.24, 2.45) is 0 Å². The Morgan fingerprint density at radius 2 is 1.81 bits per heavy atom. The predicted octanol–water partition coefficient (Wildman–Crippen LogP) is 1.33. The Bertz CT molecular complexity index is 648. The van der Waals surface area contributed by atoms with Gasteiger partial charge in [-0.3, -0.25) is 4.79 Å². The molecule has 0 radical (unpaired) electrons. The summed E-state index contributed by atoms with van der Waals surface area (Å²) < 4.78 is 0. The number of carbonyl (C=O) groups excluding carboxylic acids is 1. The molecule has 0 saturated heterocycles. The highest BCUT2D eigenvalue weighted by atomic mass is 16.4. The number of fused-ring (bicyclic) bond motifs is 1. The number of aliphatic hydroxyl groups excluding tert-OH is 1. The first-order chi connectivity index (χ1) is 10.1. The third-order valence-corrected chi connectivity index (χ3v) is 3.28. The Balaban J connectivity index is 2.13. The van der Waals surface area contributed by atoms with Gasteiger partial charge in [0.05, 0.1) is 6.42 Å². The van der Waals surface area contributed by atoms with Crippen molar-refractivity contribution in [3.05, 3.63) is 48.0 Å². The molecule has 0 bridgehead atoms. The van der Waals surface area contributed by atoms with Gasteiger partial charge < -0.3 is 15.5 Å². The number of aliphatic hydroxyl groups is 1. The Morgan fingerprint density at radius 1 is 1.10 bits per heavy atom. The molecule has 0 spiro atoms. The molecule has 0 aliphatic rings. The lowest BCUT2D eigenvalue weighted by atomic mass is 10.0. The lowest BCUT2D eigenvalue weighted by Crippen LogP contribution is -2.42. The quantitative estimate of drug-likeness (QED) is 0.748. The highest BCUT2D eigenvalue weighted by Crippen LogP contribution is 2.18. The van der Waals surface area contributed by atoms with Crippen LogP contribution in [0.4, 0.5) is 0 Å². The van der Waals surface area contributed by atoms with Crippen LogP contribution in [-0.2, 0) is 16.0 Å². The number of carboxylic acids is 1. The number of nitrogens with one attached hydrogen (secondary N) is 1. The molecule has 2 rings (SSSR count). The van der Waals surface area contributed by atoms with E-state index in [4.69, 9.17) is 10.2 Å². The maximum absolute atomic E-state index is 12.0. The monoisotopic (exact) mass is 287 g/mol. The lowest BCUT2D eigenvalue weighted by molar-refractivity contribution is -0.142. The van der Waals surface area contributed by atoms with Crippen LogP contribution in [0, 0.1) is 0 Å². The minimum absolute atomic E-state index is 0.00336. The van der Waals surface area contributed by atoms with Gasteiger partial charge in [-0.15, -0.1) is 0 Å². The van der Waals surface area contributed by atoms with Gasteiger partial charge in [0.2, 0.25) is 5.91 Å². The number of benzene rings is 2. The van der Waals surface area contributed by atoms with Crippen molar-refractivity contribution in [2.75, 3.05) is 6.61 Å². The Labute approximate surface area is 122 Å². The summed E-state index contributed by atoms with van der Waals surface area (Å²) in [7, 11) is 0. The molecule has 5 heteroatoms. The second-order valence-electron chi connectivity index (χ2n) is 4.79. The van der Waals surface area contributed by atoms with Gasteiger partial charge in [-0.1, -0.05) is 42.5 Å². The van der Waals surface area contributed by atoms with Gasteiger partial charge in [0.1, 0.15) is 6.04 Å². The third-order valence-electron chi connectivity index (χ3n) is 3.28. The van der Waals surface area contributed by atoms with E-state index in [1.54, 1.807) is 0 Å². The van der Waals surface area contributed by atoms with Gasteiger partial charge >= 0.3 is 5.97 Å². The molecule has 2 aromatic rings. The van der Waals surface area contributed by atoms with Gasteiger partial charge in [-0.05, 0) is 16.3 Å². The van der Waals surface area contributed by atoms with Crippen molar-refractivity contribution in [1.82, 2.24) is 5.32 Å². The molecular weight excluding hydrogens is 270 g/mol. The Morgan fingerprint density at radius 3 is 2.52 bits per heavy atom. The fourth-order valence-electron chi connectivity index (χ4n) is 2.25. The molecule has 0 heterocycles. The van der Waals surface area contributed by atoms with Crippen LogP contribution < -0.4 is 5.32 Å². The van der Waals surface area contributed by atoms with E-state index in [2.05, 4.69) is 5.32 Å². The van der Waals surface area contributed by atoms with Crippen LogP contribution in [-0.4, -0.2) is 34.7 Å². The molecule has 21 heavy (non-hydrogen) atoms. The number of aliphatic carboxylic acids is 1. The number of hydrogen-bond donors (Lipinski definition) is 3. The number of rotatable bonds is 6. The van der Waals surface area contributed by atoms with Crippen LogP contribution in [0.25, 0.3) is 10.8 Å². The Hall–Kier alpha value is -2.40. The predicted molar refractivity (Wildman–Crippen MR) is 78.9 cm³/mol. The van der Waals surface area contributed by atoms with Gasteiger partial charge in [0.15, 0.2) is 0 Å². The standard InChI is InChI=1S/C16H17NO4/c18-9-8-14(16(20)21)17-15(19)10-12-6-3-5-11-4-1-2-7-13(11)12/h1-7,14,18H,8-10H2,(H,17,19)(H,20,21)/t14-/m1/s1. The lowest BCUT2D eigenvalue weighted by Gasteiger charge is -2.13. The molecule has 0 fully saturated rings. The van der Waals surface area contributed by atoms with E-state index in [0.29, 0.717) is 0 Å². The summed E-state index contributed by atoms with van der Waals surface area (Å²) in [5.41, 5.74) is 0.846. The normalized spacial score (nSPS) is 12.0. The minimum atomic E-state index is -1.14. The van der Waals surface area contributed by atoms with Crippen LogP contribution in [0.2, 0.25) is 0 Å². The van der Waals surface area contributed by atoms with Gasteiger partial charge in [-0.25, -0.2) is 4.79 Å². The first-order valence-electron chi connectivity index (χ1n) is 6.71. The first-order valence-corrected chi connectivity index (χ1v) is 6.71. The summed E-state index contributed by atoms with van der Waals surface area (Å²) in [5.74, 6) is -1.51. The average molecular weight is 287 g/mol. The third kappa shape index (κ3) is 3.79. The molecule has 2 aromatic carbocycles. The summed E-state index contributed by atoms with van der Waals surface area (Å²) in [5, 5.41) is 22.2. The molecule has 0 aliphatic carbocycles. The van der Waals surface area contributed by atoms with E-state index in [1.165, 1.54) is 0 Å². The Kier molecular flexibility index (Phi) is 4.90. The SMILES string of the molecule is O=C(Cc1cccc2ccccc12)N[C@H](CCO)C(=O)O. The summed E-state index contributed by atoms with van der Waals surface area (Å²) in [6.07, 6.45) is 0.104. The maximum Gasteiger partial charge on any atom is 0.326 e. The zero-order chi connectivity index (χ0) is 15.2. The number of carbonyl (C=O) groups is 2. The van der Waals surface area contributed by atoms with Crippen LogP contribution >= 0.6 is 0 Å². The summed E-state index contributed by atoms with van der Waals surface area (Å²) in [6.45, 7) is -0.286. The number of amides is 1. The van der Waals surface area contributed by atoms with Gasteiger partial charge in [0, 0.05) is 13.0 Å². The summed E-state index contributed by atoms with van der Waals surface area (Å²) >= 11 is 0. The van der Waals surface area contributed by atoms with Crippen molar-refractivity contribution in [2.45, 2.75) is 18.9 Å². The number of carboxylic acid groups (broad SMARTS) is 1. The molecule has 3 N–H and O–H groups in total. The molecule has 0 aliphatic heterocycles. The van der Waals surface area contributed by atoms with E-state index < -0.39 is 12.0 Å². The average Bonchev–Trinajstić information content (AvgIpc) is 2.47. The van der Waals surface area contributed by atoms with E-state index in [9.17, 15) is 9.59 Å². The van der Waals surface area contributed by atoms with Crippen molar-refractivity contribution in [3.63, 3.8) is 0 Å². The minimum Gasteiger partial charge on any atom is -0.480 e. The molecule has 5 nitrogen and oxygen atoms in total. The highest BCUT2D eigenvalue weighted by molar-refractivity contribution is 5.91. The summed E-state index contributed by atoms with van der Waals surface area (Å²) in [4.78, 5) is 23.0. The zero-order valence-corrected chi connectivity index (χ0v) is 11.5. The van der Waals surface area contributed by atoms with Crippen LogP contribution in [0.5, 0.6) is 0 Å². The fourth-order valence-corrected chi connectivity index (χ4v) is 2.25. The smallest absolute Gasteiger partial charge is 0.326 e. The molecular formula is C16H17NO4. The van der Waals surface area contributed by atoms with Crippen molar-refractivity contribution in [1.29, 1.82) is 0 Å². The molecule has 0 unspecified atom stereocenters. The van der Waals surface area contributed by atoms with Crippen LogP contribution in [0.3, 0.4) is 0 Å². The molecule has 1 amide bonds. The van der Waals surface area contributed by atoms with E-state index in [1.807, 2.05) is 42.5 Å². The van der Waals surface area contributed by atoms with Crippen LogP contribution in [0.1, 0.15) is 12.0 Å². The maximum atomic E-state index is 12.0. The zero-order valence-electron chi connectivity index (χ0n) is 11.5. The molecule has 110 valence electrons.